The number of unbranched alkanes of at least 4 members (excludes halogenated alkanes) is 18. The largest absolute Gasteiger partial charge is 0.405 e. The van der Waals surface area contributed by atoms with E-state index in [1.165, 1.54) is 102 Å². The second-order valence-corrected chi connectivity index (χ2v) is 18.8. The Morgan fingerprint density at radius 2 is 1.09 bits per heavy atom. The van der Waals surface area contributed by atoms with Gasteiger partial charge in [-0.3, -0.25) is 14.3 Å². The number of amides is 2. The van der Waals surface area contributed by atoms with Crippen molar-refractivity contribution in [1.29, 1.82) is 5.26 Å². The minimum atomic E-state index is -2.14. The number of nitriles is 1. The van der Waals surface area contributed by atoms with Gasteiger partial charge in [0.2, 0.25) is 5.88 Å². The van der Waals surface area contributed by atoms with Crippen LogP contribution in [0.25, 0.3) is 22.4 Å². The molecule has 0 aliphatic carbocycles. The standard InChI is InChI=1S/C56H70ClN5O6S/c1-3-5-7-9-11-13-15-17-19-24-36-59-53(63)45-38-46(54(64)60-37-25-20-18-16-14-12-10-8-6-4-2)40-49(39-45)68-69(66)62-48-34-30-43(31-35-48)52-50(41-58)51(42-28-32-47(57)33-29-42)55(61-52)67-56(65)44-26-22-21-23-27-44/h21-23,26-35,38-40,61-62H,3-20,24-25,36-37H2,1-2H3,(H,59,63)(H,60,64). The van der Waals surface area contributed by atoms with E-state index in [0.717, 1.165) is 38.5 Å². The Kier molecular flexibility index (Phi) is 23.9. The number of nitrogens with one attached hydrogen (secondary N) is 4. The second-order valence-electron chi connectivity index (χ2n) is 17.6. The average Bonchev–Trinajstić information content (AvgIpc) is 3.72. The molecule has 1 unspecified atom stereocenters. The maximum absolute atomic E-state index is 13.5. The first-order valence-electron chi connectivity index (χ1n) is 25.1. The Bertz CT molecular complexity index is 2360. The minimum absolute atomic E-state index is 0.0884. The number of benzene rings is 4. The zero-order valence-corrected chi connectivity index (χ0v) is 42.0. The number of ether oxygens (including phenoxy) is 1. The van der Waals surface area contributed by atoms with Gasteiger partial charge in [0.15, 0.2) is 0 Å². The van der Waals surface area contributed by atoms with Gasteiger partial charge in [-0.2, -0.15) is 9.47 Å². The van der Waals surface area contributed by atoms with Gasteiger partial charge in [-0.15, -0.1) is 0 Å². The maximum atomic E-state index is 13.5. The first-order chi connectivity index (χ1) is 33.7. The second kappa shape index (κ2) is 30.6. The summed E-state index contributed by atoms with van der Waals surface area (Å²) >= 11 is 4.04. The van der Waals surface area contributed by atoms with Crippen molar-refractivity contribution in [2.24, 2.45) is 0 Å². The molecule has 11 nitrogen and oxygen atoms in total. The highest BCUT2D eigenvalue weighted by Gasteiger charge is 2.24. The van der Waals surface area contributed by atoms with E-state index in [1.807, 2.05) is 0 Å². The lowest BCUT2D eigenvalue weighted by molar-refractivity contribution is 0.0728. The third-order valence-electron chi connectivity index (χ3n) is 12.0. The van der Waals surface area contributed by atoms with Crippen molar-refractivity contribution in [1.82, 2.24) is 15.6 Å². The van der Waals surface area contributed by atoms with E-state index in [4.69, 9.17) is 20.5 Å². The third-order valence-corrected chi connectivity index (χ3v) is 13.0. The SMILES string of the molecule is CCCCCCCCCCCCNC(=O)c1cc(OS(=O)Nc2ccc(-c3[nH]c(OC(=O)c4ccccc4)c(-c4ccc(Cl)cc4)c3C#N)cc2)cc(C(=O)NCCCCCCCCCCCC)c1. The monoisotopic (exact) mass is 975 g/mol. The molecule has 0 saturated heterocycles. The number of esters is 1. The molecule has 0 aliphatic rings. The van der Waals surface area contributed by atoms with Crippen molar-refractivity contribution in [2.75, 3.05) is 17.8 Å². The summed E-state index contributed by atoms with van der Waals surface area (Å²) in [5.41, 5.74) is 3.49. The van der Waals surface area contributed by atoms with Crippen LogP contribution in [0.15, 0.2) is 97.1 Å². The van der Waals surface area contributed by atoms with Gasteiger partial charge in [-0.05, 0) is 78.6 Å². The van der Waals surface area contributed by atoms with E-state index in [2.05, 4.69) is 40.3 Å². The number of anilines is 1. The number of nitrogens with zero attached hydrogens (tertiary/aromatic N) is 1. The third kappa shape index (κ3) is 18.5. The number of aromatic nitrogens is 1. The van der Waals surface area contributed by atoms with Crippen LogP contribution < -0.4 is 24.3 Å². The Balaban J connectivity index is 1.23. The minimum Gasteiger partial charge on any atom is -0.405 e. The summed E-state index contributed by atoms with van der Waals surface area (Å²) in [5.74, 6) is -1.10. The summed E-state index contributed by atoms with van der Waals surface area (Å²) in [6.07, 6.45) is 23.8. The van der Waals surface area contributed by atoms with Crippen molar-refractivity contribution < 1.29 is 27.5 Å². The van der Waals surface area contributed by atoms with Gasteiger partial charge in [-0.1, -0.05) is 183 Å². The average molecular weight is 977 g/mol. The summed E-state index contributed by atoms with van der Waals surface area (Å²) in [4.78, 5) is 43.2. The molecule has 1 heterocycles. The molecule has 0 aliphatic heterocycles. The van der Waals surface area contributed by atoms with Crippen molar-refractivity contribution in [3.8, 4) is 40.1 Å². The molecule has 368 valence electrons. The van der Waals surface area contributed by atoms with Gasteiger partial charge in [0.1, 0.15) is 11.8 Å². The van der Waals surface area contributed by atoms with Gasteiger partial charge in [-0.25, -0.2) is 4.79 Å². The molecule has 0 fully saturated rings. The Morgan fingerprint density at radius 3 is 1.58 bits per heavy atom. The Morgan fingerprint density at radius 1 is 0.609 bits per heavy atom. The van der Waals surface area contributed by atoms with Crippen LogP contribution in [0.2, 0.25) is 5.02 Å². The number of aromatic amines is 1. The number of rotatable bonds is 32. The molecule has 4 aromatic carbocycles. The molecule has 4 N–H and O–H groups in total. The van der Waals surface area contributed by atoms with Crippen molar-refractivity contribution in [3.05, 3.63) is 124 Å². The topological polar surface area (TPSA) is 162 Å². The zero-order valence-electron chi connectivity index (χ0n) is 40.5. The van der Waals surface area contributed by atoms with E-state index < -0.39 is 17.2 Å². The van der Waals surface area contributed by atoms with Crippen LogP contribution in [0, 0.1) is 11.3 Å². The molecule has 0 bridgehead atoms. The van der Waals surface area contributed by atoms with Gasteiger partial charge >= 0.3 is 17.2 Å². The first-order valence-corrected chi connectivity index (χ1v) is 26.5. The summed E-state index contributed by atoms with van der Waals surface area (Å²) in [6, 6.07) is 29.0. The number of halogens is 1. The predicted octanol–water partition coefficient (Wildman–Crippen LogP) is 14.5. The smallest absolute Gasteiger partial charge is 0.344 e. The molecule has 13 heteroatoms. The molecule has 1 atom stereocenters. The summed E-state index contributed by atoms with van der Waals surface area (Å²) in [5, 5.41) is 16.9. The number of hydrogen-bond donors (Lipinski definition) is 4. The molecule has 1 aromatic heterocycles. The van der Waals surface area contributed by atoms with E-state index in [0.29, 0.717) is 51.7 Å². The highest BCUT2D eigenvalue weighted by molar-refractivity contribution is 7.82. The number of carbonyl (C=O) groups excluding carboxylic acids is 3. The predicted molar refractivity (Wildman–Crippen MR) is 280 cm³/mol. The van der Waals surface area contributed by atoms with Crippen molar-refractivity contribution >= 4 is 46.3 Å². The number of carbonyl (C=O) groups is 3. The normalized spacial score (nSPS) is 11.4. The summed E-state index contributed by atoms with van der Waals surface area (Å²) in [6.45, 7) is 5.47. The number of H-pyrrole nitrogens is 1. The van der Waals surface area contributed by atoms with Crippen LogP contribution in [-0.4, -0.2) is 40.1 Å². The highest BCUT2D eigenvalue weighted by atomic mass is 35.5. The van der Waals surface area contributed by atoms with Crippen LogP contribution in [0.5, 0.6) is 11.6 Å². The fourth-order valence-electron chi connectivity index (χ4n) is 8.15. The molecule has 69 heavy (non-hydrogen) atoms. The maximum Gasteiger partial charge on any atom is 0.344 e. The summed E-state index contributed by atoms with van der Waals surface area (Å²) in [7, 11) is 0. The molecule has 5 rings (SSSR count). The van der Waals surface area contributed by atoms with Gasteiger partial charge in [0, 0.05) is 34.9 Å². The number of hydrogen-bond acceptors (Lipinski definition) is 7. The van der Waals surface area contributed by atoms with Crippen LogP contribution in [0.3, 0.4) is 0 Å². The van der Waals surface area contributed by atoms with Crippen LogP contribution in [0.1, 0.15) is 179 Å². The Hall–Kier alpha value is -5.90. The molecular formula is C56H70ClN5O6S. The van der Waals surface area contributed by atoms with E-state index >= 15 is 0 Å². The van der Waals surface area contributed by atoms with Gasteiger partial charge < -0.3 is 24.5 Å². The lowest BCUT2D eigenvalue weighted by Crippen LogP contribution is -2.27. The first kappa shape index (κ1) is 54.0. The highest BCUT2D eigenvalue weighted by Crippen LogP contribution is 2.40. The zero-order chi connectivity index (χ0) is 49.1. The molecule has 5 aromatic rings. The van der Waals surface area contributed by atoms with Crippen molar-refractivity contribution in [2.45, 2.75) is 142 Å². The molecular weight excluding hydrogens is 906 g/mol. The molecule has 0 saturated carbocycles. The Labute approximate surface area is 417 Å². The fourth-order valence-corrected chi connectivity index (χ4v) is 8.92. The van der Waals surface area contributed by atoms with E-state index in [-0.39, 0.29) is 40.1 Å². The van der Waals surface area contributed by atoms with Crippen LogP contribution in [-0.2, 0) is 11.3 Å². The lowest BCUT2D eigenvalue weighted by atomic mass is 10.0. The lowest BCUT2D eigenvalue weighted by Gasteiger charge is -2.12. The summed E-state index contributed by atoms with van der Waals surface area (Å²) < 4.78 is 28.0. The van der Waals surface area contributed by atoms with Crippen molar-refractivity contribution in [3.63, 3.8) is 0 Å². The van der Waals surface area contributed by atoms with E-state index in [1.54, 1.807) is 84.9 Å². The van der Waals surface area contributed by atoms with Crippen LogP contribution in [0.4, 0.5) is 5.69 Å². The quantitative estimate of drug-likeness (QED) is 0.0246. The fraction of sp³-hybridized carbons (Fsp3) is 0.429. The van der Waals surface area contributed by atoms with Gasteiger partial charge in [0.05, 0.1) is 22.4 Å². The van der Waals surface area contributed by atoms with Crippen LogP contribution >= 0.6 is 11.6 Å². The van der Waals surface area contributed by atoms with E-state index in [9.17, 15) is 23.9 Å². The van der Waals surface area contributed by atoms with Gasteiger partial charge in [0.25, 0.3) is 11.8 Å². The molecule has 2 amide bonds. The molecule has 0 spiro atoms. The molecule has 0 radical (unpaired) electrons.